The van der Waals surface area contributed by atoms with E-state index in [1.807, 2.05) is 0 Å². The minimum absolute atomic E-state index is 0.153. The molecule has 2 N–H and O–H groups in total. The standard InChI is InChI=1S/C22H22N4O5S/c1-25(2)22(31)24-20(30)18-14-7-4-8-15(14)32-21(18)23-19(29)12-5-3-6-13(11-12)26-16(27)9-10-17(26)28/h3,5-6,11H,4,7-10H2,1-2H3,(H,23,29)(H,24,30,31). The van der Waals surface area contributed by atoms with Crippen LogP contribution in [0.2, 0.25) is 0 Å². The number of hydrogen-bond acceptors (Lipinski definition) is 6. The third-order valence-corrected chi connectivity index (χ3v) is 6.63. The number of carbonyl (C=O) groups is 5. The van der Waals surface area contributed by atoms with Gasteiger partial charge in [-0.05, 0) is 43.0 Å². The van der Waals surface area contributed by atoms with Crippen LogP contribution in [0.3, 0.4) is 0 Å². The fourth-order valence-electron chi connectivity index (χ4n) is 3.83. The van der Waals surface area contributed by atoms with E-state index in [0.29, 0.717) is 22.7 Å². The van der Waals surface area contributed by atoms with Crippen molar-refractivity contribution in [2.45, 2.75) is 32.1 Å². The molecule has 1 saturated heterocycles. The molecule has 9 nitrogen and oxygen atoms in total. The van der Waals surface area contributed by atoms with Crippen LogP contribution in [0.5, 0.6) is 0 Å². The number of rotatable bonds is 4. The van der Waals surface area contributed by atoms with E-state index < -0.39 is 17.8 Å². The minimum Gasteiger partial charge on any atom is -0.331 e. The van der Waals surface area contributed by atoms with Crippen molar-refractivity contribution in [1.29, 1.82) is 0 Å². The molecule has 0 atom stereocenters. The molecule has 0 unspecified atom stereocenters. The Kier molecular flexibility index (Phi) is 5.79. The predicted molar refractivity (Wildman–Crippen MR) is 119 cm³/mol. The molecular weight excluding hydrogens is 432 g/mol. The van der Waals surface area contributed by atoms with Crippen molar-refractivity contribution >= 4 is 51.7 Å². The third-order valence-electron chi connectivity index (χ3n) is 5.42. The highest BCUT2D eigenvalue weighted by Gasteiger charge is 2.31. The summed E-state index contributed by atoms with van der Waals surface area (Å²) in [5.41, 5.74) is 1.76. The number of anilines is 2. The number of urea groups is 1. The molecule has 1 aliphatic carbocycles. The molecule has 0 radical (unpaired) electrons. The first-order valence-corrected chi connectivity index (χ1v) is 11.0. The molecule has 1 fully saturated rings. The molecule has 2 heterocycles. The highest BCUT2D eigenvalue weighted by atomic mass is 32.1. The first kappa shape index (κ1) is 21.7. The Bertz CT molecular complexity index is 1140. The molecule has 6 amide bonds. The fraction of sp³-hybridized carbons (Fsp3) is 0.318. The molecule has 10 heteroatoms. The third kappa shape index (κ3) is 4.01. The number of nitrogens with zero attached hydrogens (tertiary/aromatic N) is 2. The Morgan fingerprint density at radius 3 is 2.41 bits per heavy atom. The van der Waals surface area contributed by atoms with E-state index in [1.54, 1.807) is 18.2 Å². The molecule has 1 aromatic carbocycles. The molecular formula is C22H22N4O5S. The summed E-state index contributed by atoms with van der Waals surface area (Å²) < 4.78 is 0. The number of benzene rings is 1. The molecule has 32 heavy (non-hydrogen) atoms. The summed E-state index contributed by atoms with van der Waals surface area (Å²) >= 11 is 1.33. The van der Waals surface area contributed by atoms with Gasteiger partial charge in [0.25, 0.3) is 11.8 Å². The van der Waals surface area contributed by atoms with E-state index in [0.717, 1.165) is 28.2 Å². The molecule has 2 aromatic rings. The molecule has 1 aliphatic heterocycles. The summed E-state index contributed by atoms with van der Waals surface area (Å²) in [7, 11) is 3.07. The number of fused-ring (bicyclic) bond motifs is 1. The van der Waals surface area contributed by atoms with Crippen molar-refractivity contribution in [3.05, 3.63) is 45.8 Å². The predicted octanol–water partition coefficient (Wildman–Crippen LogP) is 2.55. The SMILES string of the molecule is CN(C)C(=O)NC(=O)c1c(NC(=O)c2cccc(N3C(=O)CCC3=O)c2)sc2c1CCC2. The van der Waals surface area contributed by atoms with Crippen LogP contribution >= 0.6 is 11.3 Å². The van der Waals surface area contributed by atoms with Crippen LogP contribution < -0.4 is 15.5 Å². The van der Waals surface area contributed by atoms with Crippen LogP contribution in [-0.2, 0) is 22.4 Å². The number of aryl methyl sites for hydroxylation is 1. The summed E-state index contributed by atoms with van der Waals surface area (Å²) in [4.78, 5) is 65.2. The van der Waals surface area contributed by atoms with E-state index in [-0.39, 0.29) is 30.2 Å². The van der Waals surface area contributed by atoms with Gasteiger partial charge in [-0.25, -0.2) is 4.79 Å². The second-order valence-electron chi connectivity index (χ2n) is 7.84. The zero-order chi connectivity index (χ0) is 23.0. The molecule has 166 valence electrons. The normalized spacial score (nSPS) is 15.0. The van der Waals surface area contributed by atoms with E-state index in [4.69, 9.17) is 0 Å². The molecule has 0 bridgehead atoms. The van der Waals surface area contributed by atoms with Crippen molar-refractivity contribution in [2.24, 2.45) is 0 Å². The van der Waals surface area contributed by atoms with Gasteiger partial charge in [0.2, 0.25) is 11.8 Å². The van der Waals surface area contributed by atoms with E-state index in [2.05, 4.69) is 10.6 Å². The fourth-order valence-corrected chi connectivity index (χ4v) is 5.11. The smallest absolute Gasteiger partial charge is 0.323 e. The van der Waals surface area contributed by atoms with Gasteiger partial charge in [0.05, 0.1) is 11.3 Å². The van der Waals surface area contributed by atoms with Crippen molar-refractivity contribution < 1.29 is 24.0 Å². The first-order valence-electron chi connectivity index (χ1n) is 10.2. The Labute approximate surface area is 188 Å². The highest BCUT2D eigenvalue weighted by molar-refractivity contribution is 7.17. The monoisotopic (exact) mass is 454 g/mol. The Morgan fingerprint density at radius 1 is 1.00 bits per heavy atom. The average molecular weight is 455 g/mol. The Hall–Kier alpha value is -3.53. The minimum atomic E-state index is -0.555. The van der Waals surface area contributed by atoms with Gasteiger partial charge in [0.1, 0.15) is 5.00 Å². The summed E-state index contributed by atoms with van der Waals surface area (Å²) in [6, 6.07) is 5.70. The van der Waals surface area contributed by atoms with Crippen LogP contribution in [0, 0.1) is 0 Å². The molecule has 0 saturated carbocycles. The van der Waals surface area contributed by atoms with Crippen LogP contribution in [-0.4, -0.2) is 48.7 Å². The summed E-state index contributed by atoms with van der Waals surface area (Å²) in [5, 5.41) is 5.51. The lowest BCUT2D eigenvalue weighted by Gasteiger charge is -2.15. The van der Waals surface area contributed by atoms with E-state index in [1.165, 1.54) is 36.4 Å². The van der Waals surface area contributed by atoms with Gasteiger partial charge >= 0.3 is 6.03 Å². The lowest BCUT2D eigenvalue weighted by atomic mass is 10.1. The van der Waals surface area contributed by atoms with E-state index in [9.17, 15) is 24.0 Å². The number of carbonyl (C=O) groups excluding carboxylic acids is 5. The van der Waals surface area contributed by atoms with Gasteiger partial charge in [-0.2, -0.15) is 0 Å². The largest absolute Gasteiger partial charge is 0.331 e. The lowest BCUT2D eigenvalue weighted by Crippen LogP contribution is -2.39. The summed E-state index contributed by atoms with van der Waals surface area (Å²) in [6.45, 7) is 0. The van der Waals surface area contributed by atoms with Gasteiger partial charge in [0, 0.05) is 37.4 Å². The zero-order valence-corrected chi connectivity index (χ0v) is 18.5. The zero-order valence-electron chi connectivity index (χ0n) is 17.7. The number of hydrogen-bond donors (Lipinski definition) is 2. The maximum atomic E-state index is 13.0. The van der Waals surface area contributed by atoms with Crippen molar-refractivity contribution in [1.82, 2.24) is 10.2 Å². The number of nitrogens with one attached hydrogen (secondary N) is 2. The van der Waals surface area contributed by atoms with Gasteiger partial charge in [-0.1, -0.05) is 6.07 Å². The lowest BCUT2D eigenvalue weighted by molar-refractivity contribution is -0.121. The second kappa shape index (κ2) is 8.54. The molecule has 2 aliphatic rings. The van der Waals surface area contributed by atoms with Crippen LogP contribution in [0.25, 0.3) is 0 Å². The molecule has 4 rings (SSSR count). The van der Waals surface area contributed by atoms with Crippen molar-refractivity contribution in [3.8, 4) is 0 Å². The maximum absolute atomic E-state index is 13.0. The second-order valence-corrected chi connectivity index (χ2v) is 8.95. The topological polar surface area (TPSA) is 116 Å². The van der Waals surface area contributed by atoms with Crippen molar-refractivity contribution in [2.75, 3.05) is 24.3 Å². The Balaban J connectivity index is 1.60. The van der Waals surface area contributed by atoms with Crippen LogP contribution in [0.4, 0.5) is 15.5 Å². The number of amides is 6. The highest BCUT2D eigenvalue weighted by Crippen LogP contribution is 2.39. The molecule has 1 aromatic heterocycles. The van der Waals surface area contributed by atoms with Gasteiger partial charge in [-0.15, -0.1) is 11.3 Å². The van der Waals surface area contributed by atoms with Crippen LogP contribution in [0.15, 0.2) is 24.3 Å². The van der Waals surface area contributed by atoms with Gasteiger partial charge < -0.3 is 10.2 Å². The summed E-state index contributed by atoms with van der Waals surface area (Å²) in [5.74, 6) is -1.63. The van der Waals surface area contributed by atoms with Gasteiger partial charge in [0.15, 0.2) is 0 Å². The average Bonchev–Trinajstić information content (AvgIpc) is 3.42. The Morgan fingerprint density at radius 2 is 1.72 bits per heavy atom. The summed E-state index contributed by atoms with van der Waals surface area (Å²) in [6.07, 6.45) is 2.74. The maximum Gasteiger partial charge on any atom is 0.323 e. The van der Waals surface area contributed by atoms with Crippen LogP contribution in [0.1, 0.15) is 50.4 Å². The van der Waals surface area contributed by atoms with E-state index >= 15 is 0 Å². The van der Waals surface area contributed by atoms with Gasteiger partial charge in [-0.3, -0.25) is 29.4 Å². The van der Waals surface area contributed by atoms with Crippen molar-refractivity contribution in [3.63, 3.8) is 0 Å². The number of thiophene rings is 1. The molecule has 0 spiro atoms. The first-order chi connectivity index (χ1) is 15.3. The quantitative estimate of drug-likeness (QED) is 0.689. The number of imide groups is 2.